The maximum atomic E-state index is 13.8. The lowest BCUT2D eigenvalue weighted by molar-refractivity contribution is 0.0702. The first-order valence-electron chi connectivity index (χ1n) is 5.91. The van der Waals surface area contributed by atoms with E-state index < -0.39 is 17.6 Å². The van der Waals surface area contributed by atoms with Crippen molar-refractivity contribution in [1.29, 1.82) is 0 Å². The number of benzene rings is 1. The van der Waals surface area contributed by atoms with Gasteiger partial charge in [-0.2, -0.15) is 0 Å². The highest BCUT2D eigenvalue weighted by atomic mass is 32.1. The summed E-state index contributed by atoms with van der Waals surface area (Å²) in [5.74, 6) is -2.30. The highest BCUT2D eigenvalue weighted by Gasteiger charge is 2.14. The predicted molar refractivity (Wildman–Crippen MR) is 74.4 cm³/mol. The van der Waals surface area contributed by atoms with Crippen LogP contribution in [0, 0.1) is 25.5 Å². The summed E-state index contributed by atoms with van der Waals surface area (Å²) in [6, 6.07) is 4.08. The smallest absolute Gasteiger partial charge is 0.345 e. The van der Waals surface area contributed by atoms with Gasteiger partial charge in [-0.1, -0.05) is 6.07 Å². The fraction of sp³-hybridized carbons (Fsp3) is 0.214. The lowest BCUT2D eigenvalue weighted by Gasteiger charge is -2.10. The number of nitrogens with one attached hydrogen (secondary N) is 1. The molecule has 1 heterocycles. The summed E-state index contributed by atoms with van der Waals surface area (Å²) in [6.07, 6.45) is 0. The average Bonchev–Trinajstić information content (AvgIpc) is 2.76. The van der Waals surface area contributed by atoms with Gasteiger partial charge in [0.25, 0.3) is 0 Å². The number of hydrogen-bond acceptors (Lipinski definition) is 3. The van der Waals surface area contributed by atoms with Crippen molar-refractivity contribution in [3.8, 4) is 0 Å². The molecule has 0 bridgehead atoms. The van der Waals surface area contributed by atoms with Crippen molar-refractivity contribution in [3.05, 3.63) is 50.7 Å². The Hall–Kier alpha value is -1.95. The molecule has 2 rings (SSSR count). The standard InChI is InChI=1S/C14H13F2NO2S/c1-7-3-4-10(15)13(12(7)16)17-6-9-5-11(14(18)19)20-8(9)2/h3-5,17H,6H2,1-2H3,(H,18,19). The van der Waals surface area contributed by atoms with Crippen molar-refractivity contribution in [2.75, 3.05) is 5.32 Å². The minimum Gasteiger partial charge on any atom is -0.477 e. The van der Waals surface area contributed by atoms with Gasteiger partial charge in [-0.05, 0) is 37.1 Å². The second-order valence-corrected chi connectivity index (χ2v) is 5.66. The number of aromatic carboxylic acids is 1. The number of carboxylic acids is 1. The SMILES string of the molecule is Cc1ccc(F)c(NCc2cc(C(=O)O)sc2C)c1F. The molecule has 0 aliphatic carbocycles. The molecule has 2 N–H and O–H groups in total. The van der Waals surface area contributed by atoms with Crippen LogP contribution in [0.25, 0.3) is 0 Å². The Kier molecular flexibility index (Phi) is 4.04. The van der Waals surface area contributed by atoms with Crippen molar-refractivity contribution < 1.29 is 18.7 Å². The molecule has 0 saturated carbocycles. The van der Waals surface area contributed by atoms with Crippen molar-refractivity contribution in [3.63, 3.8) is 0 Å². The topological polar surface area (TPSA) is 49.3 Å². The molecule has 0 amide bonds. The van der Waals surface area contributed by atoms with E-state index in [0.29, 0.717) is 11.1 Å². The normalized spacial score (nSPS) is 10.6. The molecule has 0 radical (unpaired) electrons. The quantitative estimate of drug-likeness (QED) is 0.898. The summed E-state index contributed by atoms with van der Waals surface area (Å²) in [5, 5.41) is 11.6. The molecule has 2 aromatic rings. The van der Waals surface area contributed by atoms with Gasteiger partial charge in [0.1, 0.15) is 16.4 Å². The van der Waals surface area contributed by atoms with E-state index in [0.717, 1.165) is 16.2 Å². The van der Waals surface area contributed by atoms with Gasteiger partial charge in [0.2, 0.25) is 0 Å². The summed E-state index contributed by atoms with van der Waals surface area (Å²) in [6.45, 7) is 3.50. The van der Waals surface area contributed by atoms with E-state index in [1.165, 1.54) is 18.2 Å². The van der Waals surface area contributed by atoms with Gasteiger partial charge in [0, 0.05) is 11.4 Å². The second-order valence-electron chi connectivity index (χ2n) is 4.40. The van der Waals surface area contributed by atoms with Crippen molar-refractivity contribution in [2.45, 2.75) is 20.4 Å². The first kappa shape index (κ1) is 14.5. The lowest BCUT2D eigenvalue weighted by Crippen LogP contribution is -2.05. The van der Waals surface area contributed by atoms with Crippen LogP contribution < -0.4 is 5.32 Å². The molecule has 106 valence electrons. The van der Waals surface area contributed by atoms with Crippen LogP contribution in [0.2, 0.25) is 0 Å². The Balaban J connectivity index is 2.21. The number of rotatable bonds is 4. The lowest BCUT2D eigenvalue weighted by atomic mass is 10.2. The highest BCUT2D eigenvalue weighted by molar-refractivity contribution is 7.14. The molecular weight excluding hydrogens is 284 g/mol. The first-order valence-corrected chi connectivity index (χ1v) is 6.73. The molecule has 0 saturated heterocycles. The van der Waals surface area contributed by atoms with Crippen LogP contribution in [0.5, 0.6) is 0 Å². The van der Waals surface area contributed by atoms with Crippen LogP contribution in [0.3, 0.4) is 0 Å². The molecule has 0 aliphatic heterocycles. The maximum absolute atomic E-state index is 13.8. The van der Waals surface area contributed by atoms with Crippen molar-refractivity contribution >= 4 is 23.0 Å². The molecule has 0 spiro atoms. The first-order chi connectivity index (χ1) is 9.40. The van der Waals surface area contributed by atoms with Crippen molar-refractivity contribution in [1.82, 2.24) is 0 Å². The van der Waals surface area contributed by atoms with Gasteiger partial charge in [-0.3, -0.25) is 0 Å². The van der Waals surface area contributed by atoms with E-state index in [9.17, 15) is 13.6 Å². The average molecular weight is 297 g/mol. The fourth-order valence-corrected chi connectivity index (χ4v) is 2.68. The number of anilines is 1. The van der Waals surface area contributed by atoms with Gasteiger partial charge < -0.3 is 10.4 Å². The van der Waals surface area contributed by atoms with Gasteiger partial charge >= 0.3 is 5.97 Å². The van der Waals surface area contributed by atoms with Gasteiger partial charge in [0.05, 0.1) is 0 Å². The monoisotopic (exact) mass is 297 g/mol. The number of thiophene rings is 1. The molecular formula is C14H13F2NO2S. The summed E-state index contributed by atoms with van der Waals surface area (Å²) in [4.78, 5) is 11.9. The Labute approximate surface area is 118 Å². The minimum absolute atomic E-state index is 0.174. The number of hydrogen-bond donors (Lipinski definition) is 2. The third-order valence-corrected chi connectivity index (χ3v) is 4.05. The van der Waals surface area contributed by atoms with Crippen LogP contribution in [0.15, 0.2) is 18.2 Å². The zero-order chi connectivity index (χ0) is 14.9. The van der Waals surface area contributed by atoms with E-state index in [-0.39, 0.29) is 17.1 Å². The Bertz CT molecular complexity index is 667. The molecule has 20 heavy (non-hydrogen) atoms. The number of carboxylic acid groups (broad SMARTS) is 1. The van der Waals surface area contributed by atoms with Crippen LogP contribution in [0.4, 0.5) is 14.5 Å². The molecule has 0 fully saturated rings. The Morgan fingerprint density at radius 3 is 2.65 bits per heavy atom. The second kappa shape index (κ2) is 5.58. The summed E-state index contributed by atoms with van der Waals surface area (Å²) < 4.78 is 27.4. The van der Waals surface area contributed by atoms with Gasteiger partial charge in [0.15, 0.2) is 5.82 Å². The van der Waals surface area contributed by atoms with Crippen LogP contribution >= 0.6 is 11.3 Å². The van der Waals surface area contributed by atoms with Gasteiger partial charge in [-0.15, -0.1) is 11.3 Å². The largest absolute Gasteiger partial charge is 0.477 e. The number of halogens is 2. The molecule has 1 aromatic carbocycles. The van der Waals surface area contributed by atoms with E-state index in [4.69, 9.17) is 5.11 Å². The van der Waals surface area contributed by atoms with Crippen LogP contribution in [0.1, 0.15) is 25.7 Å². The van der Waals surface area contributed by atoms with E-state index in [1.807, 2.05) is 0 Å². The molecule has 3 nitrogen and oxygen atoms in total. The zero-order valence-corrected chi connectivity index (χ0v) is 11.8. The maximum Gasteiger partial charge on any atom is 0.345 e. The Morgan fingerprint density at radius 1 is 1.35 bits per heavy atom. The molecule has 0 aliphatic rings. The van der Waals surface area contributed by atoms with Crippen LogP contribution in [-0.4, -0.2) is 11.1 Å². The van der Waals surface area contributed by atoms with E-state index in [2.05, 4.69) is 5.32 Å². The number of aryl methyl sites for hydroxylation is 2. The summed E-state index contributed by atoms with van der Waals surface area (Å²) >= 11 is 1.14. The summed E-state index contributed by atoms with van der Waals surface area (Å²) in [7, 11) is 0. The number of carbonyl (C=O) groups is 1. The fourth-order valence-electron chi connectivity index (χ4n) is 1.80. The van der Waals surface area contributed by atoms with Crippen molar-refractivity contribution in [2.24, 2.45) is 0 Å². The zero-order valence-electron chi connectivity index (χ0n) is 11.0. The third-order valence-electron chi connectivity index (χ3n) is 2.97. The Morgan fingerprint density at radius 2 is 2.05 bits per heavy atom. The highest BCUT2D eigenvalue weighted by Crippen LogP contribution is 2.25. The molecule has 6 heteroatoms. The summed E-state index contributed by atoms with van der Waals surface area (Å²) in [5.41, 5.74) is 0.877. The van der Waals surface area contributed by atoms with E-state index >= 15 is 0 Å². The molecule has 1 aromatic heterocycles. The third kappa shape index (κ3) is 2.80. The predicted octanol–water partition coefficient (Wildman–Crippen LogP) is 3.95. The minimum atomic E-state index is -1.00. The van der Waals surface area contributed by atoms with Crippen LogP contribution in [-0.2, 0) is 6.54 Å². The van der Waals surface area contributed by atoms with Gasteiger partial charge in [-0.25, -0.2) is 13.6 Å². The molecule has 0 unspecified atom stereocenters. The van der Waals surface area contributed by atoms with E-state index in [1.54, 1.807) is 13.8 Å². The molecule has 0 atom stereocenters.